The summed E-state index contributed by atoms with van der Waals surface area (Å²) in [5, 5.41) is 0. The molecule has 5 nitrogen and oxygen atoms in total. The van der Waals surface area contributed by atoms with E-state index in [4.69, 9.17) is 9.47 Å². The van der Waals surface area contributed by atoms with Gasteiger partial charge in [0, 0.05) is 19.2 Å². The predicted molar refractivity (Wildman–Crippen MR) is 110 cm³/mol. The van der Waals surface area contributed by atoms with E-state index in [0.717, 1.165) is 16.9 Å². The number of carbonyl (C=O) groups excluding carboxylic acids is 2. The number of rotatable bonds is 10. The van der Waals surface area contributed by atoms with E-state index >= 15 is 0 Å². The van der Waals surface area contributed by atoms with Crippen LogP contribution in [-0.2, 0) is 20.9 Å². The van der Waals surface area contributed by atoms with E-state index in [9.17, 15) is 9.59 Å². The van der Waals surface area contributed by atoms with E-state index in [1.807, 2.05) is 61.5 Å². The van der Waals surface area contributed by atoms with Crippen molar-refractivity contribution in [3.63, 3.8) is 0 Å². The van der Waals surface area contributed by atoms with Gasteiger partial charge in [0.05, 0.1) is 13.0 Å². The maximum Gasteiger partial charge on any atom is 0.307 e. The van der Waals surface area contributed by atoms with Crippen LogP contribution in [0.1, 0.15) is 31.4 Å². The van der Waals surface area contributed by atoms with Crippen LogP contribution in [0.5, 0.6) is 5.75 Å². The second kappa shape index (κ2) is 11.6. The van der Waals surface area contributed by atoms with Gasteiger partial charge in [-0.3, -0.25) is 9.59 Å². The van der Waals surface area contributed by atoms with Gasteiger partial charge in [-0.05, 0) is 43.2 Å². The average molecular weight is 381 g/mol. The molecule has 0 fully saturated rings. The Bertz CT molecular complexity index is 769. The maximum atomic E-state index is 12.3. The minimum atomic E-state index is -0.288. The summed E-state index contributed by atoms with van der Waals surface area (Å²) in [4.78, 5) is 25.4. The van der Waals surface area contributed by atoms with Crippen LogP contribution in [0.2, 0.25) is 0 Å². The lowest BCUT2D eigenvalue weighted by Crippen LogP contribution is -2.31. The van der Waals surface area contributed by atoms with Crippen LogP contribution in [0, 0.1) is 0 Å². The smallest absolute Gasteiger partial charge is 0.307 e. The van der Waals surface area contributed by atoms with Crippen molar-refractivity contribution in [3.05, 3.63) is 71.8 Å². The van der Waals surface area contributed by atoms with Crippen LogP contribution >= 0.6 is 0 Å². The first-order chi connectivity index (χ1) is 13.6. The largest absolute Gasteiger partial charge is 0.489 e. The van der Waals surface area contributed by atoms with Crippen molar-refractivity contribution < 1.29 is 19.1 Å². The Morgan fingerprint density at radius 2 is 1.71 bits per heavy atom. The first-order valence-electron chi connectivity index (χ1n) is 9.51. The molecule has 0 unspecified atom stereocenters. The predicted octanol–water partition coefficient (Wildman–Crippen LogP) is 4.08. The summed E-state index contributed by atoms with van der Waals surface area (Å²) < 4.78 is 10.7. The van der Waals surface area contributed by atoms with Gasteiger partial charge in [-0.25, -0.2) is 0 Å². The number of hydrogen-bond donors (Lipinski definition) is 0. The van der Waals surface area contributed by atoms with Crippen molar-refractivity contribution in [2.75, 3.05) is 19.7 Å². The number of benzene rings is 2. The van der Waals surface area contributed by atoms with Gasteiger partial charge < -0.3 is 14.4 Å². The van der Waals surface area contributed by atoms with Crippen LogP contribution in [0.15, 0.2) is 60.7 Å². The minimum Gasteiger partial charge on any atom is -0.489 e. The van der Waals surface area contributed by atoms with E-state index in [1.165, 1.54) is 6.08 Å². The Morgan fingerprint density at radius 3 is 2.36 bits per heavy atom. The van der Waals surface area contributed by atoms with Crippen LogP contribution in [0.4, 0.5) is 0 Å². The van der Waals surface area contributed by atoms with Crippen LogP contribution in [0.25, 0.3) is 6.08 Å². The third-order valence-electron chi connectivity index (χ3n) is 4.13. The van der Waals surface area contributed by atoms with Crippen molar-refractivity contribution in [1.29, 1.82) is 0 Å². The topological polar surface area (TPSA) is 55.8 Å². The fraction of sp³-hybridized carbons (Fsp3) is 0.304. The average Bonchev–Trinajstić information content (AvgIpc) is 2.73. The SMILES string of the molecule is CCOC(=O)CCN(CC)C(=O)/C=C/c1ccc(OCc2ccccc2)cc1. The molecular weight excluding hydrogens is 354 g/mol. The zero-order valence-corrected chi connectivity index (χ0v) is 16.5. The van der Waals surface area contributed by atoms with Gasteiger partial charge in [-0.15, -0.1) is 0 Å². The van der Waals surface area contributed by atoms with E-state index in [0.29, 0.717) is 26.3 Å². The minimum absolute atomic E-state index is 0.129. The van der Waals surface area contributed by atoms with Crippen molar-refractivity contribution in [3.8, 4) is 5.75 Å². The second-order valence-electron chi connectivity index (χ2n) is 6.15. The zero-order valence-electron chi connectivity index (χ0n) is 16.5. The highest BCUT2D eigenvalue weighted by Gasteiger charge is 2.11. The molecule has 0 bridgehead atoms. The molecule has 2 rings (SSSR count). The number of amides is 1. The Hall–Kier alpha value is -3.08. The molecule has 0 heterocycles. The van der Waals surface area contributed by atoms with Crippen LogP contribution < -0.4 is 4.74 Å². The van der Waals surface area contributed by atoms with Gasteiger partial charge in [0.2, 0.25) is 5.91 Å². The van der Waals surface area contributed by atoms with Crippen molar-refractivity contribution in [2.45, 2.75) is 26.9 Å². The molecule has 0 atom stereocenters. The number of likely N-dealkylation sites (N-methyl/N-ethyl adjacent to an activating group) is 1. The highest BCUT2D eigenvalue weighted by Crippen LogP contribution is 2.15. The lowest BCUT2D eigenvalue weighted by molar-refractivity contribution is -0.143. The summed E-state index contributed by atoms with van der Waals surface area (Å²) in [6, 6.07) is 17.5. The molecule has 5 heteroatoms. The summed E-state index contributed by atoms with van der Waals surface area (Å²) in [5.41, 5.74) is 2.02. The van der Waals surface area contributed by atoms with Crippen LogP contribution in [-0.4, -0.2) is 36.5 Å². The molecule has 0 aromatic heterocycles. The van der Waals surface area contributed by atoms with Gasteiger partial charge in [0.15, 0.2) is 0 Å². The van der Waals surface area contributed by atoms with Crippen LogP contribution in [0.3, 0.4) is 0 Å². The van der Waals surface area contributed by atoms with Gasteiger partial charge in [0.25, 0.3) is 0 Å². The highest BCUT2D eigenvalue weighted by atomic mass is 16.5. The fourth-order valence-corrected chi connectivity index (χ4v) is 2.57. The summed E-state index contributed by atoms with van der Waals surface area (Å²) in [7, 11) is 0. The first-order valence-corrected chi connectivity index (χ1v) is 9.51. The molecule has 0 radical (unpaired) electrons. The maximum absolute atomic E-state index is 12.3. The molecule has 0 saturated carbocycles. The lowest BCUT2D eigenvalue weighted by Gasteiger charge is -2.18. The fourth-order valence-electron chi connectivity index (χ4n) is 2.57. The normalized spacial score (nSPS) is 10.6. The molecule has 2 aromatic carbocycles. The standard InChI is InChI=1S/C23H27NO4/c1-3-24(17-16-23(26)27-4-2)22(25)15-12-19-10-13-21(14-11-19)28-18-20-8-6-5-7-9-20/h5-15H,3-4,16-18H2,1-2H3/b15-12+. The summed E-state index contributed by atoms with van der Waals surface area (Å²) in [5.74, 6) is 0.358. The third-order valence-corrected chi connectivity index (χ3v) is 4.13. The Kier molecular flexibility index (Phi) is 8.79. The number of ether oxygens (including phenoxy) is 2. The monoisotopic (exact) mass is 381 g/mol. The highest BCUT2D eigenvalue weighted by molar-refractivity contribution is 5.92. The van der Waals surface area contributed by atoms with E-state index < -0.39 is 0 Å². The van der Waals surface area contributed by atoms with Crippen molar-refractivity contribution >= 4 is 18.0 Å². The molecule has 0 saturated heterocycles. The molecule has 28 heavy (non-hydrogen) atoms. The molecule has 0 aliphatic heterocycles. The molecule has 0 aliphatic carbocycles. The Balaban J connectivity index is 1.84. The van der Waals surface area contributed by atoms with Gasteiger partial charge in [-0.1, -0.05) is 42.5 Å². The Labute approximate surface area is 166 Å². The van der Waals surface area contributed by atoms with E-state index in [1.54, 1.807) is 17.9 Å². The summed E-state index contributed by atoms with van der Waals surface area (Å²) in [6.07, 6.45) is 3.49. The van der Waals surface area contributed by atoms with Gasteiger partial charge in [0.1, 0.15) is 12.4 Å². The van der Waals surface area contributed by atoms with Crippen molar-refractivity contribution in [1.82, 2.24) is 4.90 Å². The first kappa shape index (κ1) is 21.2. The van der Waals surface area contributed by atoms with Gasteiger partial charge >= 0.3 is 5.97 Å². The van der Waals surface area contributed by atoms with Crippen molar-refractivity contribution in [2.24, 2.45) is 0 Å². The molecular formula is C23H27NO4. The summed E-state index contributed by atoms with van der Waals surface area (Å²) >= 11 is 0. The van der Waals surface area contributed by atoms with Gasteiger partial charge in [-0.2, -0.15) is 0 Å². The molecule has 0 spiro atoms. The summed E-state index contributed by atoms with van der Waals surface area (Å²) in [6.45, 7) is 5.40. The molecule has 0 N–H and O–H groups in total. The number of esters is 1. The number of nitrogens with zero attached hydrogens (tertiary/aromatic N) is 1. The number of carbonyl (C=O) groups is 2. The second-order valence-corrected chi connectivity index (χ2v) is 6.15. The Morgan fingerprint density at radius 1 is 1.00 bits per heavy atom. The number of hydrogen-bond acceptors (Lipinski definition) is 4. The molecule has 0 aliphatic rings. The van der Waals surface area contributed by atoms with E-state index in [2.05, 4.69) is 0 Å². The van der Waals surface area contributed by atoms with E-state index in [-0.39, 0.29) is 18.3 Å². The zero-order chi connectivity index (χ0) is 20.2. The quantitative estimate of drug-likeness (QED) is 0.460. The molecule has 148 valence electrons. The lowest BCUT2D eigenvalue weighted by atomic mass is 10.2. The molecule has 2 aromatic rings. The molecule has 1 amide bonds. The third kappa shape index (κ3) is 7.27.